The van der Waals surface area contributed by atoms with E-state index in [0.717, 1.165) is 40.5 Å². The monoisotopic (exact) mass is 567 g/mol. The van der Waals surface area contributed by atoms with Gasteiger partial charge in [0.05, 0.1) is 35.0 Å². The fourth-order valence-electron chi connectivity index (χ4n) is 6.17. The number of carbonyl (C=O) groups excluding carboxylic acids is 1. The van der Waals surface area contributed by atoms with Crippen LogP contribution >= 0.6 is 11.6 Å². The van der Waals surface area contributed by atoms with Gasteiger partial charge >= 0.3 is 6.09 Å². The van der Waals surface area contributed by atoms with E-state index in [1.807, 2.05) is 32.9 Å². The molecule has 39 heavy (non-hydrogen) atoms. The molecule has 0 N–H and O–H groups in total. The van der Waals surface area contributed by atoms with Crippen molar-refractivity contribution >= 4 is 39.9 Å². The number of nitriles is 1. The lowest BCUT2D eigenvalue weighted by Gasteiger charge is -2.43. The zero-order valence-corrected chi connectivity index (χ0v) is 24.7. The van der Waals surface area contributed by atoms with Crippen LogP contribution in [0.15, 0.2) is 29.4 Å². The van der Waals surface area contributed by atoms with Crippen LogP contribution in [-0.2, 0) is 33.8 Å². The van der Waals surface area contributed by atoms with Gasteiger partial charge in [-0.15, -0.1) is 0 Å². The molecule has 1 aromatic heterocycles. The second-order valence-electron chi connectivity index (χ2n) is 11.7. The molecule has 1 fully saturated rings. The van der Waals surface area contributed by atoms with E-state index in [2.05, 4.69) is 30.0 Å². The summed E-state index contributed by atoms with van der Waals surface area (Å²) in [5.74, 6) is 0.761. The van der Waals surface area contributed by atoms with Crippen LogP contribution in [0.5, 0.6) is 0 Å². The van der Waals surface area contributed by atoms with E-state index in [9.17, 15) is 14.3 Å². The molecule has 8 nitrogen and oxygen atoms in total. The number of carbonyl (C=O) groups is 1. The molecule has 206 valence electrons. The summed E-state index contributed by atoms with van der Waals surface area (Å²) < 4.78 is 18.3. The summed E-state index contributed by atoms with van der Waals surface area (Å²) in [6.45, 7) is 8.98. The third-order valence-corrected chi connectivity index (χ3v) is 8.80. The van der Waals surface area contributed by atoms with Gasteiger partial charge in [0.2, 0.25) is 5.16 Å². The number of fused-ring (bicyclic) bond motifs is 3. The van der Waals surface area contributed by atoms with Crippen molar-refractivity contribution in [1.82, 2.24) is 14.9 Å². The summed E-state index contributed by atoms with van der Waals surface area (Å²) >= 11 is 6.60. The van der Waals surface area contributed by atoms with Crippen LogP contribution < -0.4 is 4.90 Å². The molecule has 2 aliphatic carbocycles. The van der Waals surface area contributed by atoms with Gasteiger partial charge in [-0.05, 0) is 63.3 Å². The van der Waals surface area contributed by atoms with Crippen LogP contribution in [0.3, 0.4) is 0 Å². The second kappa shape index (κ2) is 10.2. The van der Waals surface area contributed by atoms with E-state index in [0.29, 0.717) is 31.2 Å². The smallest absolute Gasteiger partial charge is 0.410 e. The number of anilines is 1. The van der Waals surface area contributed by atoms with Crippen molar-refractivity contribution in [3.63, 3.8) is 0 Å². The van der Waals surface area contributed by atoms with E-state index in [4.69, 9.17) is 26.3 Å². The van der Waals surface area contributed by atoms with E-state index < -0.39 is 22.5 Å². The maximum atomic E-state index is 12.9. The lowest BCUT2D eigenvalue weighted by Crippen LogP contribution is -2.56. The number of aromatic nitrogens is 2. The molecule has 1 unspecified atom stereocenters. The van der Waals surface area contributed by atoms with Crippen LogP contribution in [0.25, 0.3) is 5.57 Å². The molecule has 0 radical (unpaired) electrons. The third kappa shape index (κ3) is 5.17. The standard InChI is InChI=1S/C29H34ClN5O3S/c1-18-15-29(21-7-6-8-22(30)24(18)21)11-9-20-23(16-29)32-26(39(5)37)33-25(20)34-13-14-35(19(17-34)10-12-31)27(36)38-28(2,3)4/h6-8,15,19H,9-11,13-14,16-17H2,1-5H3/t19-,29+,39?/m0/s1. The van der Waals surface area contributed by atoms with Crippen molar-refractivity contribution in [2.45, 2.75) is 75.6 Å². The lowest BCUT2D eigenvalue weighted by molar-refractivity contribution is 0.0144. The van der Waals surface area contributed by atoms with Gasteiger partial charge in [-0.25, -0.2) is 14.8 Å². The number of amides is 1. The summed E-state index contributed by atoms with van der Waals surface area (Å²) in [5.41, 5.74) is 4.62. The normalized spacial score (nSPS) is 23.1. The number of piperazine rings is 1. The topological polar surface area (TPSA) is 99.4 Å². The molecule has 3 atom stereocenters. The van der Waals surface area contributed by atoms with Crippen molar-refractivity contribution in [2.75, 3.05) is 30.8 Å². The maximum Gasteiger partial charge on any atom is 0.410 e. The Bertz CT molecular complexity index is 1430. The first kappa shape index (κ1) is 27.6. The summed E-state index contributed by atoms with van der Waals surface area (Å²) in [7, 11) is -1.37. The van der Waals surface area contributed by atoms with E-state index >= 15 is 0 Å². The summed E-state index contributed by atoms with van der Waals surface area (Å²) in [5, 5.41) is 10.6. The summed E-state index contributed by atoms with van der Waals surface area (Å²) in [4.78, 5) is 26.3. The Morgan fingerprint density at radius 1 is 1.31 bits per heavy atom. The molecule has 1 aromatic carbocycles. The van der Waals surface area contributed by atoms with E-state index in [1.165, 1.54) is 11.1 Å². The number of benzene rings is 1. The van der Waals surface area contributed by atoms with Crippen molar-refractivity contribution in [3.8, 4) is 6.07 Å². The Labute approximate surface area is 237 Å². The Hall–Kier alpha value is -2.96. The minimum Gasteiger partial charge on any atom is -0.444 e. The second-order valence-corrected chi connectivity index (χ2v) is 13.3. The molecule has 0 saturated carbocycles. The third-order valence-electron chi connectivity index (χ3n) is 7.79. The van der Waals surface area contributed by atoms with Crippen molar-refractivity contribution in [3.05, 3.63) is 51.7 Å². The molecule has 1 amide bonds. The quantitative estimate of drug-likeness (QED) is 0.478. The summed E-state index contributed by atoms with van der Waals surface area (Å²) in [6.07, 6.45) is 6.00. The maximum absolute atomic E-state index is 12.9. The number of rotatable bonds is 3. The van der Waals surface area contributed by atoms with Gasteiger partial charge < -0.3 is 14.5 Å². The fourth-order valence-corrected chi connectivity index (χ4v) is 6.95. The van der Waals surface area contributed by atoms with Gasteiger partial charge in [-0.1, -0.05) is 29.8 Å². The lowest BCUT2D eigenvalue weighted by atomic mass is 9.70. The zero-order chi connectivity index (χ0) is 28.1. The SMILES string of the molecule is CC1=C[C@@]2(CCc3c(nc(S(C)=O)nc3N3CCN(C(=O)OC(C)(C)C)[C@@H](CC#N)C3)C2)c2cccc(Cl)c21. The molecule has 5 rings (SSSR count). The molecule has 1 aliphatic heterocycles. The first-order valence-corrected chi connectivity index (χ1v) is 15.2. The van der Waals surface area contributed by atoms with E-state index in [-0.39, 0.29) is 17.9 Å². The molecule has 1 saturated heterocycles. The van der Waals surface area contributed by atoms with Crippen LogP contribution in [0, 0.1) is 11.3 Å². The molecular weight excluding hydrogens is 534 g/mol. The Kier molecular flexibility index (Phi) is 7.23. The number of allylic oxidation sites excluding steroid dienone is 2. The predicted octanol–water partition coefficient (Wildman–Crippen LogP) is 5.05. The first-order valence-electron chi connectivity index (χ1n) is 13.3. The number of hydrogen-bond donors (Lipinski definition) is 0. The molecule has 1 spiro atoms. The molecule has 10 heteroatoms. The molecule has 2 heterocycles. The van der Waals surface area contributed by atoms with Gasteiger partial charge in [0.1, 0.15) is 11.4 Å². The Morgan fingerprint density at radius 3 is 2.77 bits per heavy atom. The highest BCUT2D eigenvalue weighted by atomic mass is 35.5. The van der Waals surface area contributed by atoms with Crippen LogP contribution in [0.2, 0.25) is 5.02 Å². The minimum atomic E-state index is -1.37. The van der Waals surface area contributed by atoms with Crippen LogP contribution in [0.4, 0.5) is 10.6 Å². The summed E-state index contributed by atoms with van der Waals surface area (Å²) in [6, 6.07) is 7.97. The van der Waals surface area contributed by atoms with Gasteiger partial charge in [-0.2, -0.15) is 5.26 Å². The largest absolute Gasteiger partial charge is 0.444 e. The fraction of sp³-hybridized carbons (Fsp3) is 0.517. The number of ether oxygens (including phenoxy) is 1. The highest BCUT2D eigenvalue weighted by Gasteiger charge is 2.43. The number of halogens is 1. The molecule has 3 aliphatic rings. The minimum absolute atomic E-state index is 0.181. The Morgan fingerprint density at radius 2 is 2.08 bits per heavy atom. The van der Waals surface area contributed by atoms with Crippen LogP contribution in [-0.4, -0.2) is 62.7 Å². The van der Waals surface area contributed by atoms with Gasteiger partial charge in [0.25, 0.3) is 0 Å². The van der Waals surface area contributed by atoms with Gasteiger partial charge in [0.15, 0.2) is 0 Å². The average molecular weight is 568 g/mol. The van der Waals surface area contributed by atoms with Crippen molar-refractivity contribution in [1.29, 1.82) is 5.26 Å². The molecule has 0 bridgehead atoms. The van der Waals surface area contributed by atoms with Gasteiger partial charge in [-0.3, -0.25) is 4.21 Å². The van der Waals surface area contributed by atoms with Crippen molar-refractivity contribution in [2.24, 2.45) is 0 Å². The number of nitrogens with zero attached hydrogens (tertiary/aromatic N) is 5. The first-order chi connectivity index (χ1) is 18.4. The Balaban J connectivity index is 1.50. The number of hydrogen-bond acceptors (Lipinski definition) is 7. The average Bonchev–Trinajstić information content (AvgIpc) is 3.13. The van der Waals surface area contributed by atoms with Crippen LogP contribution in [0.1, 0.15) is 62.9 Å². The predicted molar refractivity (Wildman–Crippen MR) is 152 cm³/mol. The van der Waals surface area contributed by atoms with E-state index in [1.54, 1.807) is 11.2 Å². The molecule has 2 aromatic rings. The highest BCUT2D eigenvalue weighted by molar-refractivity contribution is 7.84. The molecular formula is C29H34ClN5O3S. The van der Waals surface area contributed by atoms with Gasteiger partial charge in [0, 0.05) is 48.3 Å². The van der Waals surface area contributed by atoms with Crippen molar-refractivity contribution < 1.29 is 13.7 Å². The zero-order valence-electron chi connectivity index (χ0n) is 23.1. The highest BCUT2D eigenvalue weighted by Crippen LogP contribution is 2.50.